The van der Waals surface area contributed by atoms with Crippen molar-refractivity contribution in [1.82, 2.24) is 9.88 Å². The number of aryl methyl sites for hydroxylation is 1. The zero-order valence-corrected chi connectivity index (χ0v) is 16.0. The topological polar surface area (TPSA) is 73.7 Å². The zero-order valence-electron chi connectivity index (χ0n) is 16.0. The van der Waals surface area contributed by atoms with Crippen LogP contribution in [-0.4, -0.2) is 50.8 Å². The Morgan fingerprint density at radius 1 is 1.11 bits per heavy atom. The summed E-state index contributed by atoms with van der Waals surface area (Å²) < 4.78 is 0. The molecule has 2 heterocycles. The predicted octanol–water partition coefficient (Wildman–Crippen LogP) is 2.46. The lowest BCUT2D eigenvalue weighted by atomic mass is 9.97. The van der Waals surface area contributed by atoms with E-state index in [2.05, 4.69) is 4.98 Å². The molecule has 3 rings (SSSR count). The quantitative estimate of drug-likeness (QED) is 0.821. The number of carbonyl (C=O) groups is 1. The summed E-state index contributed by atoms with van der Waals surface area (Å²) >= 11 is 0. The van der Waals surface area contributed by atoms with Crippen molar-refractivity contribution in [3.05, 3.63) is 65.5 Å². The highest BCUT2D eigenvalue weighted by molar-refractivity contribution is 5.94. The van der Waals surface area contributed by atoms with Crippen LogP contribution in [0.25, 0.3) is 0 Å². The highest BCUT2D eigenvalue weighted by atomic mass is 16.3. The van der Waals surface area contributed by atoms with Crippen LogP contribution in [0.15, 0.2) is 48.8 Å². The van der Waals surface area contributed by atoms with E-state index in [9.17, 15) is 15.0 Å². The van der Waals surface area contributed by atoms with Crippen LogP contribution in [0.3, 0.4) is 0 Å². The molecular formula is C22H28N2O3. The Bertz CT molecular complexity index is 753. The van der Waals surface area contributed by atoms with Crippen molar-refractivity contribution >= 4 is 5.91 Å². The van der Waals surface area contributed by atoms with Crippen molar-refractivity contribution in [2.45, 2.75) is 44.8 Å². The number of aromatic nitrogens is 1. The number of nitrogens with zero attached hydrogens (tertiary/aromatic N) is 2. The molecule has 5 nitrogen and oxygen atoms in total. The smallest absolute Gasteiger partial charge is 0.253 e. The van der Waals surface area contributed by atoms with E-state index in [1.807, 2.05) is 36.4 Å². The van der Waals surface area contributed by atoms with E-state index in [1.165, 1.54) is 0 Å². The summed E-state index contributed by atoms with van der Waals surface area (Å²) in [5.74, 6) is 0.00252. The van der Waals surface area contributed by atoms with E-state index in [0.717, 1.165) is 24.0 Å². The van der Waals surface area contributed by atoms with Crippen molar-refractivity contribution in [3.63, 3.8) is 0 Å². The lowest BCUT2D eigenvalue weighted by Gasteiger charge is -2.18. The molecule has 2 atom stereocenters. The number of amides is 1. The maximum atomic E-state index is 12.8. The van der Waals surface area contributed by atoms with Crippen LogP contribution in [-0.2, 0) is 12.8 Å². The number of likely N-dealkylation sites (tertiary alicyclic amines) is 1. The van der Waals surface area contributed by atoms with Gasteiger partial charge in [-0.15, -0.1) is 0 Å². The Labute approximate surface area is 160 Å². The highest BCUT2D eigenvalue weighted by Gasteiger charge is 2.34. The summed E-state index contributed by atoms with van der Waals surface area (Å²) in [5, 5.41) is 20.2. The second-order valence-electron chi connectivity index (χ2n) is 8.11. The molecule has 2 aromatic rings. The molecule has 2 unspecified atom stereocenters. The number of pyridine rings is 1. The minimum Gasteiger partial charge on any atom is -0.391 e. The molecule has 144 valence electrons. The number of rotatable bonds is 6. The van der Waals surface area contributed by atoms with Gasteiger partial charge in [-0.3, -0.25) is 9.78 Å². The fraction of sp³-hybridized carbons (Fsp3) is 0.455. The van der Waals surface area contributed by atoms with Crippen LogP contribution in [0.5, 0.6) is 0 Å². The van der Waals surface area contributed by atoms with Gasteiger partial charge in [0.2, 0.25) is 0 Å². The summed E-state index contributed by atoms with van der Waals surface area (Å²) in [5.41, 5.74) is 2.17. The Kier molecular flexibility index (Phi) is 5.92. The van der Waals surface area contributed by atoms with Gasteiger partial charge in [-0.1, -0.05) is 12.1 Å². The Morgan fingerprint density at radius 2 is 1.78 bits per heavy atom. The van der Waals surface area contributed by atoms with Gasteiger partial charge in [0, 0.05) is 37.0 Å². The first-order chi connectivity index (χ1) is 12.8. The van der Waals surface area contributed by atoms with E-state index >= 15 is 0 Å². The van der Waals surface area contributed by atoms with Gasteiger partial charge in [-0.05, 0) is 68.5 Å². The van der Waals surface area contributed by atoms with Crippen molar-refractivity contribution in [2.75, 3.05) is 13.1 Å². The summed E-state index contributed by atoms with van der Waals surface area (Å²) in [7, 11) is 0. The maximum absolute atomic E-state index is 12.8. The predicted molar refractivity (Wildman–Crippen MR) is 104 cm³/mol. The number of β-amino-alcohol motifs (C(OH)–C–C–N with tert-alkyl or cyclic N) is 1. The molecule has 1 amide bonds. The third-order valence-corrected chi connectivity index (χ3v) is 5.17. The molecule has 0 radical (unpaired) electrons. The van der Waals surface area contributed by atoms with Crippen LogP contribution in [0.1, 0.15) is 41.8 Å². The van der Waals surface area contributed by atoms with Crippen molar-refractivity contribution in [2.24, 2.45) is 5.92 Å². The van der Waals surface area contributed by atoms with Crippen LogP contribution in [0.2, 0.25) is 0 Å². The summed E-state index contributed by atoms with van der Waals surface area (Å²) in [6.07, 6.45) is 5.18. The number of hydrogen-bond donors (Lipinski definition) is 2. The summed E-state index contributed by atoms with van der Waals surface area (Å²) in [4.78, 5) is 18.5. The van der Waals surface area contributed by atoms with Gasteiger partial charge in [0.25, 0.3) is 5.91 Å². The molecule has 0 spiro atoms. The maximum Gasteiger partial charge on any atom is 0.253 e. The second kappa shape index (κ2) is 8.19. The first-order valence-electron chi connectivity index (χ1n) is 9.49. The van der Waals surface area contributed by atoms with Crippen molar-refractivity contribution < 1.29 is 15.0 Å². The van der Waals surface area contributed by atoms with Gasteiger partial charge in [-0.25, -0.2) is 0 Å². The number of aliphatic hydroxyl groups is 2. The Hall–Kier alpha value is -2.24. The van der Waals surface area contributed by atoms with Crippen molar-refractivity contribution in [1.29, 1.82) is 0 Å². The van der Waals surface area contributed by atoms with E-state index in [-0.39, 0.29) is 11.8 Å². The third kappa shape index (κ3) is 5.37. The summed E-state index contributed by atoms with van der Waals surface area (Å²) in [6.45, 7) is 4.52. The summed E-state index contributed by atoms with van der Waals surface area (Å²) in [6, 6.07) is 11.5. The molecular weight excluding hydrogens is 340 g/mol. The number of benzene rings is 1. The molecule has 0 bridgehead atoms. The van der Waals surface area contributed by atoms with Gasteiger partial charge in [-0.2, -0.15) is 0 Å². The fourth-order valence-corrected chi connectivity index (χ4v) is 3.49. The molecule has 1 aromatic carbocycles. The lowest BCUT2D eigenvalue weighted by Crippen LogP contribution is -2.29. The first kappa shape index (κ1) is 19.5. The standard InChI is InChI=1S/C22H28N2O3/c1-22(2,27)10-7-16-3-5-18(6-4-16)21(26)24-14-19(20(25)15-24)13-17-8-11-23-12-9-17/h3-6,8-9,11-12,19-20,25,27H,7,10,13-15H2,1-2H3. The molecule has 27 heavy (non-hydrogen) atoms. The SMILES string of the molecule is CC(C)(O)CCc1ccc(C(=O)N2CC(O)C(Cc3ccncc3)C2)cc1. The molecule has 1 aromatic heterocycles. The lowest BCUT2D eigenvalue weighted by molar-refractivity contribution is 0.0712. The molecule has 1 saturated heterocycles. The Balaban J connectivity index is 1.59. The molecule has 5 heteroatoms. The average molecular weight is 368 g/mol. The van der Waals surface area contributed by atoms with E-state index in [0.29, 0.717) is 25.1 Å². The number of hydrogen-bond acceptors (Lipinski definition) is 4. The third-order valence-electron chi connectivity index (χ3n) is 5.17. The molecule has 0 aliphatic carbocycles. The average Bonchev–Trinajstić information content (AvgIpc) is 3.01. The largest absolute Gasteiger partial charge is 0.391 e. The monoisotopic (exact) mass is 368 g/mol. The number of aliphatic hydroxyl groups excluding tert-OH is 1. The second-order valence-corrected chi connectivity index (χ2v) is 8.11. The number of carbonyl (C=O) groups excluding carboxylic acids is 1. The first-order valence-corrected chi connectivity index (χ1v) is 9.49. The van der Waals surface area contributed by atoms with Gasteiger partial charge < -0.3 is 15.1 Å². The normalized spacial score (nSPS) is 20.1. The van der Waals surface area contributed by atoms with Gasteiger partial charge in [0.15, 0.2) is 0 Å². The minimum atomic E-state index is -0.690. The van der Waals surface area contributed by atoms with Crippen LogP contribution in [0, 0.1) is 5.92 Å². The highest BCUT2D eigenvalue weighted by Crippen LogP contribution is 2.23. The van der Waals surface area contributed by atoms with Gasteiger partial charge in [0.1, 0.15) is 0 Å². The zero-order chi connectivity index (χ0) is 19.4. The molecule has 1 aliphatic rings. The van der Waals surface area contributed by atoms with E-state index < -0.39 is 11.7 Å². The van der Waals surface area contributed by atoms with Gasteiger partial charge >= 0.3 is 0 Å². The van der Waals surface area contributed by atoms with Crippen molar-refractivity contribution in [3.8, 4) is 0 Å². The van der Waals surface area contributed by atoms with Crippen LogP contribution in [0.4, 0.5) is 0 Å². The van der Waals surface area contributed by atoms with E-state index in [1.54, 1.807) is 31.1 Å². The van der Waals surface area contributed by atoms with E-state index in [4.69, 9.17) is 0 Å². The van der Waals surface area contributed by atoms with Crippen LogP contribution < -0.4 is 0 Å². The minimum absolute atomic E-state index is 0.0414. The molecule has 0 saturated carbocycles. The van der Waals surface area contributed by atoms with Gasteiger partial charge in [0.05, 0.1) is 11.7 Å². The molecule has 2 N–H and O–H groups in total. The Morgan fingerprint density at radius 3 is 2.41 bits per heavy atom. The van der Waals surface area contributed by atoms with Crippen LogP contribution >= 0.6 is 0 Å². The fourth-order valence-electron chi connectivity index (χ4n) is 3.49. The molecule has 1 fully saturated rings. The molecule has 1 aliphatic heterocycles.